The smallest absolute Gasteiger partial charge is 0.254 e. The summed E-state index contributed by atoms with van der Waals surface area (Å²) < 4.78 is 11.7. The molecule has 5 rings (SSSR count). The van der Waals surface area contributed by atoms with Crippen molar-refractivity contribution in [2.75, 3.05) is 50.7 Å². The van der Waals surface area contributed by atoms with Crippen molar-refractivity contribution >= 4 is 44.4 Å². The third-order valence-electron chi connectivity index (χ3n) is 6.58. The minimum atomic E-state index is -0.0622. The van der Waals surface area contributed by atoms with Crippen LogP contribution in [0.4, 0.5) is 11.6 Å². The molecule has 0 radical (unpaired) electrons. The number of fused-ring (bicyclic) bond motifs is 1. The number of hydrogen-bond acceptors (Lipinski definition) is 8. The molecule has 1 aliphatic carbocycles. The Balaban J connectivity index is 1.42. The first kappa shape index (κ1) is 23.9. The van der Waals surface area contributed by atoms with Crippen LogP contribution < -0.4 is 10.6 Å². The summed E-state index contributed by atoms with van der Waals surface area (Å²) in [4.78, 5) is 22.3. The first-order valence-corrected chi connectivity index (χ1v) is 12.6. The third-order valence-corrected chi connectivity index (χ3v) is 7.22. The van der Waals surface area contributed by atoms with Crippen LogP contribution in [-0.2, 0) is 16.0 Å². The highest BCUT2D eigenvalue weighted by atomic mass is 79.9. The number of amides is 1. The number of hydrogen-bond donors (Lipinski definition) is 1. The molecule has 35 heavy (non-hydrogen) atoms. The third kappa shape index (κ3) is 5.39. The largest absolute Gasteiger partial charge is 0.383 e. The van der Waals surface area contributed by atoms with E-state index in [0.29, 0.717) is 48.1 Å². The number of carbonyl (C=O) groups excluding carboxylic acids is 1. The first-order valence-electron chi connectivity index (χ1n) is 11.8. The summed E-state index contributed by atoms with van der Waals surface area (Å²) in [6.07, 6.45) is 2.18. The van der Waals surface area contributed by atoms with Gasteiger partial charge in [0.05, 0.1) is 48.1 Å². The second kappa shape index (κ2) is 10.4. The number of anilines is 2. The molecule has 1 aliphatic heterocycles. The second-order valence-corrected chi connectivity index (χ2v) is 9.89. The van der Waals surface area contributed by atoms with Gasteiger partial charge in [-0.05, 0) is 71.1 Å². The number of halogens is 1. The maximum absolute atomic E-state index is 13.9. The molecule has 2 N–H and O–H groups in total. The zero-order valence-electron chi connectivity index (χ0n) is 19.7. The Hall–Kier alpha value is -2.82. The zero-order chi connectivity index (χ0) is 24.4. The van der Waals surface area contributed by atoms with E-state index in [1.165, 1.54) is 0 Å². The van der Waals surface area contributed by atoms with Crippen LogP contribution in [0.2, 0.25) is 0 Å². The Bertz CT molecular complexity index is 1200. The topological polar surface area (TPSA) is 107 Å². The van der Waals surface area contributed by atoms with Crippen molar-refractivity contribution in [2.24, 2.45) is 5.92 Å². The van der Waals surface area contributed by atoms with Crippen molar-refractivity contribution in [3.8, 4) is 0 Å². The van der Waals surface area contributed by atoms with Gasteiger partial charge in [0.2, 0.25) is 0 Å². The van der Waals surface area contributed by atoms with E-state index in [2.05, 4.69) is 36.0 Å². The molecule has 2 aliphatic rings. The number of aromatic nitrogens is 3. The predicted molar refractivity (Wildman–Crippen MR) is 137 cm³/mol. The van der Waals surface area contributed by atoms with Crippen LogP contribution in [0.1, 0.15) is 28.9 Å². The van der Waals surface area contributed by atoms with Gasteiger partial charge in [-0.2, -0.15) is 5.10 Å². The number of pyridine rings is 1. The molecule has 1 saturated heterocycles. The molecular weight excluding hydrogens is 512 g/mol. The van der Waals surface area contributed by atoms with Crippen LogP contribution in [0.15, 0.2) is 40.9 Å². The molecule has 0 unspecified atom stereocenters. The second-order valence-electron chi connectivity index (χ2n) is 9.04. The molecule has 10 heteroatoms. The normalized spacial score (nSPS) is 16.9. The van der Waals surface area contributed by atoms with Crippen LogP contribution >= 0.6 is 15.9 Å². The summed E-state index contributed by atoms with van der Waals surface area (Å²) in [5.41, 5.74) is 8.00. The fourth-order valence-corrected chi connectivity index (χ4v) is 4.84. The van der Waals surface area contributed by atoms with Crippen molar-refractivity contribution in [3.05, 3.63) is 52.1 Å². The van der Waals surface area contributed by atoms with Gasteiger partial charge in [0.25, 0.3) is 5.91 Å². The highest BCUT2D eigenvalue weighted by Gasteiger charge is 2.38. The van der Waals surface area contributed by atoms with Crippen molar-refractivity contribution in [1.29, 1.82) is 0 Å². The van der Waals surface area contributed by atoms with E-state index in [1.54, 1.807) is 7.11 Å². The number of benzene rings is 1. The van der Waals surface area contributed by atoms with Crippen molar-refractivity contribution in [3.63, 3.8) is 0 Å². The summed E-state index contributed by atoms with van der Waals surface area (Å²) in [6, 6.07) is 11.3. The van der Waals surface area contributed by atoms with E-state index >= 15 is 0 Å². The number of nitrogen functional groups attached to an aromatic ring is 1. The molecule has 1 aromatic carbocycles. The van der Waals surface area contributed by atoms with Gasteiger partial charge in [-0.3, -0.25) is 4.79 Å². The first-order chi connectivity index (χ1) is 17.0. The average Bonchev–Trinajstić information content (AvgIpc) is 3.72. The number of nitrogens with two attached hydrogens (primary N) is 1. The minimum absolute atomic E-state index is 0.0276. The van der Waals surface area contributed by atoms with E-state index < -0.39 is 0 Å². The number of carbonyl (C=O) groups is 1. The van der Waals surface area contributed by atoms with Crippen molar-refractivity contribution < 1.29 is 14.3 Å². The molecular formula is C25H29BrN6O3. The standard InChI is InChI=1S/C25H29BrN6O3/c1-34-15-22(16-2-3-16)32(14-19-5-7-23(30-29-19)31-8-10-35-11-9-31)25(33)17-4-6-21-18(12-17)13-20(26)24(27)28-21/h4-7,12-13,16,22H,2-3,8-11,14-15H2,1H3,(H2,27,28)/t22-/m1/s1. The fraction of sp³-hybridized carbons (Fsp3) is 0.440. The SMILES string of the molecule is COC[C@H](C1CC1)N(Cc1ccc(N2CCOCC2)nn1)C(=O)c1ccc2nc(N)c(Br)cc2c1. The van der Waals surface area contributed by atoms with Gasteiger partial charge in [0, 0.05) is 31.1 Å². The molecule has 3 aromatic rings. The van der Waals surface area contributed by atoms with E-state index in [0.717, 1.165) is 48.3 Å². The molecule has 184 valence electrons. The Morgan fingerprint density at radius 1 is 1.23 bits per heavy atom. The molecule has 0 bridgehead atoms. The fourth-order valence-electron chi connectivity index (χ4n) is 4.51. The van der Waals surface area contributed by atoms with E-state index in [4.69, 9.17) is 15.2 Å². The highest BCUT2D eigenvalue weighted by molar-refractivity contribution is 9.10. The number of methoxy groups -OCH3 is 1. The lowest BCUT2D eigenvalue weighted by Gasteiger charge is -2.32. The van der Waals surface area contributed by atoms with Crippen LogP contribution in [-0.4, -0.2) is 72.1 Å². The molecule has 0 spiro atoms. The monoisotopic (exact) mass is 540 g/mol. The highest BCUT2D eigenvalue weighted by Crippen LogP contribution is 2.37. The molecule has 1 saturated carbocycles. The lowest BCUT2D eigenvalue weighted by molar-refractivity contribution is 0.0454. The van der Waals surface area contributed by atoms with Gasteiger partial charge < -0.3 is 25.0 Å². The number of rotatable bonds is 8. The van der Waals surface area contributed by atoms with Gasteiger partial charge in [0.15, 0.2) is 5.82 Å². The lowest BCUT2D eigenvalue weighted by atomic mass is 10.1. The average molecular weight is 541 g/mol. The molecule has 1 atom stereocenters. The molecule has 9 nitrogen and oxygen atoms in total. The number of ether oxygens (including phenoxy) is 2. The quantitative estimate of drug-likeness (QED) is 0.463. The van der Waals surface area contributed by atoms with E-state index in [1.807, 2.05) is 41.3 Å². The van der Waals surface area contributed by atoms with Crippen LogP contribution in [0, 0.1) is 5.92 Å². The number of nitrogens with zero attached hydrogens (tertiary/aromatic N) is 5. The van der Waals surface area contributed by atoms with Gasteiger partial charge in [-0.15, -0.1) is 5.10 Å². The number of morpholine rings is 1. The van der Waals surface area contributed by atoms with Gasteiger partial charge in [0.1, 0.15) is 5.82 Å². The minimum Gasteiger partial charge on any atom is -0.383 e. The molecule has 2 fully saturated rings. The van der Waals surface area contributed by atoms with E-state index in [-0.39, 0.29) is 11.9 Å². The summed E-state index contributed by atoms with van der Waals surface area (Å²) in [7, 11) is 1.68. The predicted octanol–water partition coefficient (Wildman–Crippen LogP) is 3.27. The zero-order valence-corrected chi connectivity index (χ0v) is 21.3. The Morgan fingerprint density at radius 2 is 2.03 bits per heavy atom. The summed E-state index contributed by atoms with van der Waals surface area (Å²) in [5, 5.41) is 9.75. The molecule has 3 heterocycles. The maximum Gasteiger partial charge on any atom is 0.254 e. The molecule has 2 aromatic heterocycles. The van der Waals surface area contributed by atoms with Crippen LogP contribution in [0.3, 0.4) is 0 Å². The lowest BCUT2D eigenvalue weighted by Crippen LogP contribution is -2.44. The Morgan fingerprint density at radius 3 is 2.71 bits per heavy atom. The Labute approximate surface area is 212 Å². The molecule has 1 amide bonds. The van der Waals surface area contributed by atoms with Crippen molar-refractivity contribution in [1.82, 2.24) is 20.1 Å². The van der Waals surface area contributed by atoms with Crippen molar-refractivity contribution in [2.45, 2.75) is 25.4 Å². The van der Waals surface area contributed by atoms with Gasteiger partial charge in [-0.25, -0.2) is 4.98 Å². The van der Waals surface area contributed by atoms with Gasteiger partial charge >= 0.3 is 0 Å². The summed E-state index contributed by atoms with van der Waals surface area (Å²) >= 11 is 3.43. The summed E-state index contributed by atoms with van der Waals surface area (Å²) in [5.74, 6) is 1.62. The maximum atomic E-state index is 13.9. The Kier molecular flexibility index (Phi) is 7.12. The van der Waals surface area contributed by atoms with E-state index in [9.17, 15) is 4.79 Å². The summed E-state index contributed by atoms with van der Waals surface area (Å²) in [6.45, 7) is 3.82. The van der Waals surface area contributed by atoms with Gasteiger partial charge in [-0.1, -0.05) is 0 Å². The van der Waals surface area contributed by atoms with Crippen LogP contribution in [0.25, 0.3) is 10.9 Å². The van der Waals surface area contributed by atoms with Crippen LogP contribution in [0.5, 0.6) is 0 Å².